The molecule has 1 spiro atoms. The van der Waals surface area contributed by atoms with E-state index in [9.17, 15) is 9.59 Å². The van der Waals surface area contributed by atoms with E-state index in [2.05, 4.69) is 29.2 Å². The fraction of sp³-hybridized carbons (Fsp3) is 0.636. The molecule has 0 N–H and O–H groups in total. The number of benzene rings is 1. The molecule has 26 heavy (non-hydrogen) atoms. The van der Waals surface area contributed by atoms with Gasteiger partial charge in [0, 0.05) is 32.1 Å². The molecule has 0 radical (unpaired) electrons. The quantitative estimate of drug-likeness (QED) is 0.833. The Morgan fingerprint density at radius 2 is 1.81 bits per heavy atom. The lowest BCUT2D eigenvalue weighted by atomic mass is 9.78. The third kappa shape index (κ3) is 3.38. The lowest BCUT2D eigenvalue weighted by molar-refractivity contribution is -0.146. The van der Waals surface area contributed by atoms with Gasteiger partial charge in [0.05, 0.1) is 5.41 Å². The number of hydrogen-bond acceptors (Lipinski definition) is 2. The summed E-state index contributed by atoms with van der Waals surface area (Å²) in [5, 5.41) is 0. The number of rotatable bonds is 4. The number of carbonyl (C=O) groups is 2. The summed E-state index contributed by atoms with van der Waals surface area (Å²) in [7, 11) is 0. The van der Waals surface area contributed by atoms with Crippen LogP contribution >= 0.6 is 0 Å². The third-order valence-corrected chi connectivity index (χ3v) is 6.71. The van der Waals surface area contributed by atoms with Gasteiger partial charge in [-0.15, -0.1) is 0 Å². The van der Waals surface area contributed by atoms with E-state index in [0.717, 1.165) is 58.2 Å². The summed E-state index contributed by atoms with van der Waals surface area (Å²) in [4.78, 5) is 30.1. The second-order valence-corrected chi connectivity index (χ2v) is 8.40. The Morgan fingerprint density at radius 3 is 2.58 bits per heavy atom. The van der Waals surface area contributed by atoms with Gasteiger partial charge in [0.1, 0.15) is 0 Å². The minimum Gasteiger partial charge on any atom is -0.342 e. The fourth-order valence-electron chi connectivity index (χ4n) is 5.14. The van der Waals surface area contributed by atoms with Crippen molar-refractivity contribution in [3.8, 4) is 0 Å². The van der Waals surface area contributed by atoms with Crippen LogP contribution in [0.1, 0.15) is 50.5 Å². The van der Waals surface area contributed by atoms with Crippen LogP contribution < -0.4 is 0 Å². The van der Waals surface area contributed by atoms with Gasteiger partial charge < -0.3 is 9.80 Å². The minimum atomic E-state index is -0.302. The van der Waals surface area contributed by atoms with Crippen molar-refractivity contribution in [1.29, 1.82) is 0 Å². The zero-order valence-corrected chi connectivity index (χ0v) is 15.7. The van der Waals surface area contributed by atoms with Crippen LogP contribution in [0.25, 0.3) is 0 Å². The molecule has 1 aromatic carbocycles. The first-order valence-corrected chi connectivity index (χ1v) is 10.3. The van der Waals surface area contributed by atoms with E-state index in [1.807, 2.05) is 11.0 Å². The molecule has 2 saturated heterocycles. The van der Waals surface area contributed by atoms with Gasteiger partial charge in [-0.3, -0.25) is 9.59 Å². The Balaban J connectivity index is 1.38. The molecule has 1 aliphatic carbocycles. The molecule has 1 saturated carbocycles. The highest BCUT2D eigenvalue weighted by molar-refractivity contribution is 5.86. The highest BCUT2D eigenvalue weighted by Crippen LogP contribution is 2.41. The van der Waals surface area contributed by atoms with Gasteiger partial charge in [0.2, 0.25) is 11.8 Å². The Morgan fingerprint density at radius 1 is 1.04 bits per heavy atom. The lowest BCUT2D eigenvalue weighted by Gasteiger charge is -2.39. The standard InChI is InChI=1S/C22H30N2O2/c25-20(19-9-4-5-10-19)24-16-13-22(17-24)12-6-14-23(21(22)26)15-11-18-7-2-1-3-8-18/h1-3,7-8,19H,4-6,9-17H2/t22-/m0/s1. The highest BCUT2D eigenvalue weighted by Gasteiger charge is 2.49. The topological polar surface area (TPSA) is 40.6 Å². The van der Waals surface area contributed by atoms with Crippen molar-refractivity contribution < 1.29 is 9.59 Å². The molecular weight excluding hydrogens is 324 g/mol. The second kappa shape index (κ2) is 7.42. The van der Waals surface area contributed by atoms with Crippen molar-refractivity contribution in [3.63, 3.8) is 0 Å². The zero-order chi connectivity index (χ0) is 18.0. The molecule has 140 valence electrons. The first-order valence-electron chi connectivity index (χ1n) is 10.3. The van der Waals surface area contributed by atoms with Crippen molar-refractivity contribution in [2.45, 2.75) is 51.4 Å². The SMILES string of the molecule is O=C(C1CCCC1)N1CC[C@@]2(CCCN(CCc3ccccc3)C2=O)C1. The Kier molecular flexibility index (Phi) is 5.01. The number of nitrogens with zero attached hydrogens (tertiary/aromatic N) is 2. The molecule has 0 aromatic heterocycles. The molecule has 2 aliphatic heterocycles. The molecule has 3 fully saturated rings. The summed E-state index contributed by atoms with van der Waals surface area (Å²) in [6.07, 6.45) is 8.22. The molecular formula is C22H30N2O2. The molecule has 4 rings (SSSR count). The Labute approximate surface area is 156 Å². The summed E-state index contributed by atoms with van der Waals surface area (Å²) >= 11 is 0. The van der Waals surface area contributed by atoms with Gasteiger partial charge in [0.15, 0.2) is 0 Å². The summed E-state index contributed by atoms with van der Waals surface area (Å²) in [5.41, 5.74) is 0.979. The van der Waals surface area contributed by atoms with Gasteiger partial charge in [-0.25, -0.2) is 0 Å². The van der Waals surface area contributed by atoms with E-state index in [4.69, 9.17) is 0 Å². The summed E-state index contributed by atoms with van der Waals surface area (Å²) in [6, 6.07) is 10.4. The minimum absolute atomic E-state index is 0.220. The second-order valence-electron chi connectivity index (χ2n) is 8.40. The largest absolute Gasteiger partial charge is 0.342 e. The molecule has 1 atom stereocenters. The van der Waals surface area contributed by atoms with Crippen LogP contribution in [-0.2, 0) is 16.0 Å². The smallest absolute Gasteiger partial charge is 0.230 e. The predicted molar refractivity (Wildman–Crippen MR) is 102 cm³/mol. The average Bonchev–Trinajstić information content (AvgIpc) is 3.34. The first-order chi connectivity index (χ1) is 12.7. The van der Waals surface area contributed by atoms with Crippen LogP contribution in [-0.4, -0.2) is 47.8 Å². The van der Waals surface area contributed by atoms with Crippen molar-refractivity contribution in [3.05, 3.63) is 35.9 Å². The molecule has 2 heterocycles. The van der Waals surface area contributed by atoms with Crippen LogP contribution in [0.15, 0.2) is 30.3 Å². The van der Waals surface area contributed by atoms with Gasteiger partial charge in [0.25, 0.3) is 0 Å². The van der Waals surface area contributed by atoms with Crippen LogP contribution in [0.4, 0.5) is 0 Å². The molecule has 0 unspecified atom stereocenters. The van der Waals surface area contributed by atoms with Crippen molar-refractivity contribution in [2.24, 2.45) is 11.3 Å². The van der Waals surface area contributed by atoms with Crippen LogP contribution in [0.5, 0.6) is 0 Å². The summed E-state index contributed by atoms with van der Waals surface area (Å²) in [6.45, 7) is 3.09. The maximum absolute atomic E-state index is 13.2. The van der Waals surface area contributed by atoms with E-state index in [0.29, 0.717) is 18.4 Å². The molecule has 4 heteroatoms. The van der Waals surface area contributed by atoms with Crippen molar-refractivity contribution >= 4 is 11.8 Å². The van der Waals surface area contributed by atoms with E-state index in [1.165, 1.54) is 18.4 Å². The number of hydrogen-bond donors (Lipinski definition) is 0. The lowest BCUT2D eigenvalue weighted by Crippen LogP contribution is -2.51. The van der Waals surface area contributed by atoms with Gasteiger partial charge in [-0.2, -0.15) is 0 Å². The van der Waals surface area contributed by atoms with Crippen LogP contribution in [0.3, 0.4) is 0 Å². The number of carbonyl (C=O) groups excluding carboxylic acids is 2. The van der Waals surface area contributed by atoms with Crippen LogP contribution in [0, 0.1) is 11.3 Å². The monoisotopic (exact) mass is 354 g/mol. The third-order valence-electron chi connectivity index (χ3n) is 6.71. The maximum atomic E-state index is 13.2. The molecule has 3 aliphatic rings. The normalized spacial score (nSPS) is 26.8. The van der Waals surface area contributed by atoms with E-state index < -0.39 is 0 Å². The molecule has 4 nitrogen and oxygen atoms in total. The highest BCUT2D eigenvalue weighted by atomic mass is 16.2. The number of likely N-dealkylation sites (tertiary alicyclic amines) is 2. The predicted octanol–water partition coefficient (Wildman–Crippen LogP) is 3.26. The maximum Gasteiger partial charge on any atom is 0.230 e. The van der Waals surface area contributed by atoms with Gasteiger partial charge in [-0.05, 0) is 44.1 Å². The van der Waals surface area contributed by atoms with Gasteiger partial charge >= 0.3 is 0 Å². The summed E-state index contributed by atoms with van der Waals surface area (Å²) in [5.74, 6) is 0.827. The van der Waals surface area contributed by atoms with Gasteiger partial charge in [-0.1, -0.05) is 43.2 Å². The van der Waals surface area contributed by atoms with Crippen molar-refractivity contribution in [1.82, 2.24) is 9.80 Å². The fourth-order valence-corrected chi connectivity index (χ4v) is 5.14. The molecule has 2 amide bonds. The molecule has 1 aromatic rings. The van der Waals surface area contributed by atoms with Crippen LogP contribution in [0.2, 0.25) is 0 Å². The molecule has 0 bridgehead atoms. The zero-order valence-electron chi connectivity index (χ0n) is 15.7. The van der Waals surface area contributed by atoms with E-state index >= 15 is 0 Å². The Hall–Kier alpha value is -1.84. The van der Waals surface area contributed by atoms with Crippen molar-refractivity contribution in [2.75, 3.05) is 26.2 Å². The number of amides is 2. The van der Waals surface area contributed by atoms with E-state index in [1.54, 1.807) is 0 Å². The first kappa shape index (κ1) is 17.6. The van der Waals surface area contributed by atoms with E-state index in [-0.39, 0.29) is 11.3 Å². The number of piperidine rings is 1. The average molecular weight is 354 g/mol. The summed E-state index contributed by atoms with van der Waals surface area (Å²) < 4.78 is 0. The Bertz CT molecular complexity index is 653.